The Kier molecular flexibility index (Phi) is 2.86. The molecule has 1 N–H and O–H groups in total. The highest BCUT2D eigenvalue weighted by Gasteiger charge is 2.41. The molecule has 1 aliphatic rings. The lowest BCUT2D eigenvalue weighted by Gasteiger charge is -2.27. The first-order valence-corrected chi connectivity index (χ1v) is 6.61. The summed E-state index contributed by atoms with van der Waals surface area (Å²) in [5.41, 5.74) is 0.822. The third-order valence-electron chi connectivity index (χ3n) is 3.31. The predicted molar refractivity (Wildman–Crippen MR) is 76.8 cm³/mol. The van der Waals surface area contributed by atoms with Crippen LogP contribution < -0.4 is 10.1 Å². The van der Waals surface area contributed by atoms with Gasteiger partial charge in [0.25, 0.3) is 0 Å². The average Bonchev–Trinajstić information content (AvgIpc) is 2.61. The number of hydrogen-bond donors (Lipinski definition) is 1. The van der Waals surface area contributed by atoms with Crippen molar-refractivity contribution in [1.29, 1.82) is 0 Å². The highest BCUT2D eigenvalue weighted by atomic mass is 35.5. The molecule has 0 bridgehead atoms. The molecule has 0 saturated heterocycles. The van der Waals surface area contributed by atoms with Gasteiger partial charge in [-0.15, -0.1) is 0 Å². The van der Waals surface area contributed by atoms with E-state index in [0.29, 0.717) is 5.15 Å². The Morgan fingerprint density at radius 2 is 1.95 bits per heavy atom. The van der Waals surface area contributed by atoms with Crippen LogP contribution in [0, 0.1) is 0 Å². The number of halogens is 1. The smallest absolute Gasteiger partial charge is 0.131 e. The molecule has 98 valence electrons. The molecule has 19 heavy (non-hydrogen) atoms. The van der Waals surface area contributed by atoms with E-state index in [1.54, 1.807) is 6.07 Å². The van der Waals surface area contributed by atoms with Crippen molar-refractivity contribution in [3.8, 4) is 5.75 Å². The Hall–Kier alpha value is -1.74. The van der Waals surface area contributed by atoms with Crippen molar-refractivity contribution >= 4 is 17.4 Å². The quantitative estimate of drug-likeness (QED) is 0.839. The van der Waals surface area contributed by atoms with Gasteiger partial charge in [0.1, 0.15) is 22.3 Å². The number of para-hydroxylation sites is 1. The van der Waals surface area contributed by atoms with Gasteiger partial charge in [-0.05, 0) is 32.0 Å². The maximum absolute atomic E-state index is 5.99. The third kappa shape index (κ3) is 2.26. The third-order valence-corrected chi connectivity index (χ3v) is 3.52. The number of rotatable bonds is 2. The molecule has 0 spiro atoms. The summed E-state index contributed by atoms with van der Waals surface area (Å²) in [5, 5.41) is 3.89. The zero-order valence-electron chi connectivity index (χ0n) is 10.9. The lowest BCUT2D eigenvalue weighted by molar-refractivity contribution is 0.118. The number of anilines is 1. The van der Waals surface area contributed by atoms with Gasteiger partial charge >= 0.3 is 0 Å². The molecule has 3 nitrogen and oxygen atoms in total. The van der Waals surface area contributed by atoms with E-state index < -0.39 is 0 Å². The molecule has 1 atom stereocenters. The zero-order valence-corrected chi connectivity index (χ0v) is 11.6. The van der Waals surface area contributed by atoms with Crippen molar-refractivity contribution in [3.05, 3.63) is 53.2 Å². The van der Waals surface area contributed by atoms with E-state index in [2.05, 4.69) is 30.2 Å². The van der Waals surface area contributed by atoms with Gasteiger partial charge in [-0.25, -0.2) is 4.98 Å². The number of hydrogen-bond acceptors (Lipinski definition) is 3. The summed E-state index contributed by atoms with van der Waals surface area (Å²) >= 11 is 5.92. The van der Waals surface area contributed by atoms with E-state index in [1.807, 2.05) is 30.3 Å². The van der Waals surface area contributed by atoms with Gasteiger partial charge in [-0.1, -0.05) is 35.9 Å². The van der Waals surface area contributed by atoms with Crippen LogP contribution in [0.3, 0.4) is 0 Å². The van der Waals surface area contributed by atoms with Gasteiger partial charge in [0.15, 0.2) is 0 Å². The summed E-state index contributed by atoms with van der Waals surface area (Å²) in [5.74, 6) is 1.68. The zero-order chi connectivity index (χ0) is 13.5. The molecule has 1 unspecified atom stereocenters. The number of aromatic nitrogens is 1. The van der Waals surface area contributed by atoms with E-state index in [9.17, 15) is 0 Å². The molecule has 0 radical (unpaired) electrons. The summed E-state index contributed by atoms with van der Waals surface area (Å²) in [6.07, 6.45) is 0. The summed E-state index contributed by atoms with van der Waals surface area (Å²) in [6.45, 7) is 4.13. The van der Waals surface area contributed by atoms with Gasteiger partial charge in [-0.3, -0.25) is 0 Å². The first kappa shape index (κ1) is 12.3. The lowest BCUT2D eigenvalue weighted by Crippen LogP contribution is -2.34. The van der Waals surface area contributed by atoms with Crippen molar-refractivity contribution < 1.29 is 4.74 Å². The van der Waals surface area contributed by atoms with Gasteiger partial charge < -0.3 is 10.1 Å². The normalized spacial score (nSPS) is 19.6. The SMILES string of the molecule is CC1(C)Oc2ccccc2C1Nc1cccc(Cl)n1. The second-order valence-electron chi connectivity index (χ2n) is 5.17. The molecule has 2 aromatic rings. The fourth-order valence-electron chi connectivity index (χ4n) is 2.42. The first-order valence-electron chi connectivity index (χ1n) is 6.23. The van der Waals surface area contributed by atoms with E-state index in [4.69, 9.17) is 16.3 Å². The number of pyridine rings is 1. The van der Waals surface area contributed by atoms with Gasteiger partial charge in [0, 0.05) is 5.56 Å². The van der Waals surface area contributed by atoms with Crippen molar-refractivity contribution in [1.82, 2.24) is 4.98 Å². The van der Waals surface area contributed by atoms with Crippen LogP contribution in [0.1, 0.15) is 25.5 Å². The molecule has 3 rings (SSSR count). The van der Waals surface area contributed by atoms with Gasteiger partial charge in [0.05, 0.1) is 6.04 Å². The summed E-state index contributed by atoms with van der Waals surface area (Å²) < 4.78 is 5.99. The minimum absolute atomic E-state index is 0.0506. The van der Waals surface area contributed by atoms with Crippen LogP contribution in [-0.2, 0) is 0 Å². The molecule has 1 aliphatic heterocycles. The Bertz CT molecular complexity index is 613. The van der Waals surface area contributed by atoms with Gasteiger partial charge in [0.2, 0.25) is 0 Å². The molecule has 0 amide bonds. The maximum atomic E-state index is 5.99. The number of nitrogens with one attached hydrogen (secondary N) is 1. The molecule has 2 heterocycles. The second-order valence-corrected chi connectivity index (χ2v) is 5.55. The highest BCUT2D eigenvalue weighted by molar-refractivity contribution is 6.29. The Morgan fingerprint density at radius 3 is 2.74 bits per heavy atom. The summed E-state index contributed by atoms with van der Waals surface area (Å²) in [4.78, 5) is 4.27. The average molecular weight is 275 g/mol. The van der Waals surface area contributed by atoms with Crippen molar-refractivity contribution in [2.24, 2.45) is 0 Å². The molecule has 4 heteroatoms. The van der Waals surface area contributed by atoms with Crippen molar-refractivity contribution in [2.45, 2.75) is 25.5 Å². The van der Waals surface area contributed by atoms with Crippen LogP contribution in [0.15, 0.2) is 42.5 Å². The summed E-state index contributed by atoms with van der Waals surface area (Å²) in [6, 6.07) is 13.7. The minimum Gasteiger partial charge on any atom is -0.485 e. The summed E-state index contributed by atoms with van der Waals surface area (Å²) in [7, 11) is 0. The molecular weight excluding hydrogens is 260 g/mol. The number of nitrogens with zero attached hydrogens (tertiary/aromatic N) is 1. The van der Waals surface area contributed by atoms with Crippen LogP contribution in [0.2, 0.25) is 5.15 Å². The van der Waals surface area contributed by atoms with Gasteiger partial charge in [-0.2, -0.15) is 0 Å². The number of ether oxygens (including phenoxy) is 1. The molecule has 0 fully saturated rings. The Balaban J connectivity index is 1.95. The van der Waals surface area contributed by atoms with E-state index in [0.717, 1.165) is 17.1 Å². The fourth-order valence-corrected chi connectivity index (χ4v) is 2.58. The number of benzene rings is 1. The first-order chi connectivity index (χ1) is 9.06. The van der Waals surface area contributed by atoms with Crippen LogP contribution >= 0.6 is 11.6 Å². The molecule has 1 aromatic heterocycles. The maximum Gasteiger partial charge on any atom is 0.131 e. The predicted octanol–water partition coefficient (Wildman–Crippen LogP) is 4.06. The Morgan fingerprint density at radius 1 is 1.16 bits per heavy atom. The van der Waals surface area contributed by atoms with Crippen molar-refractivity contribution in [2.75, 3.05) is 5.32 Å². The van der Waals surface area contributed by atoms with E-state index in [-0.39, 0.29) is 11.6 Å². The van der Waals surface area contributed by atoms with Crippen LogP contribution in [-0.4, -0.2) is 10.6 Å². The molecule has 0 saturated carbocycles. The highest BCUT2D eigenvalue weighted by Crippen LogP contribution is 2.44. The van der Waals surface area contributed by atoms with Crippen LogP contribution in [0.4, 0.5) is 5.82 Å². The minimum atomic E-state index is -0.326. The second kappa shape index (κ2) is 4.42. The Labute approximate surface area is 117 Å². The molecular formula is C15H15ClN2O. The lowest BCUT2D eigenvalue weighted by atomic mass is 9.94. The van der Waals surface area contributed by atoms with Crippen LogP contribution in [0.5, 0.6) is 5.75 Å². The number of fused-ring (bicyclic) bond motifs is 1. The van der Waals surface area contributed by atoms with E-state index in [1.165, 1.54) is 0 Å². The molecule has 1 aromatic carbocycles. The van der Waals surface area contributed by atoms with Crippen molar-refractivity contribution in [3.63, 3.8) is 0 Å². The standard InChI is InChI=1S/C15H15ClN2O/c1-15(2)14(10-6-3-4-7-11(10)19-15)18-13-9-5-8-12(16)17-13/h3-9,14H,1-2H3,(H,17,18). The topological polar surface area (TPSA) is 34.1 Å². The fraction of sp³-hybridized carbons (Fsp3) is 0.267. The molecule has 0 aliphatic carbocycles. The van der Waals surface area contributed by atoms with Crippen LogP contribution in [0.25, 0.3) is 0 Å². The largest absolute Gasteiger partial charge is 0.485 e. The van der Waals surface area contributed by atoms with E-state index >= 15 is 0 Å². The monoisotopic (exact) mass is 274 g/mol.